The van der Waals surface area contributed by atoms with Crippen LogP contribution in [0.4, 0.5) is 4.39 Å². The monoisotopic (exact) mass is 314 g/mol. The standard InChI is InChI=1S/C16H27FO3Si/c1-13(2)19-21(18,20-14(3)4)11-6-5-8-15-9-7-10-16(17)12-15/h7,9-10,12-14,18H,5-6,8,11H2,1-4H3. The third-order valence-corrected chi connectivity index (χ3v) is 5.60. The SMILES string of the molecule is CC(C)O[Si](O)(CCCCc1cccc(F)c1)OC(C)C. The molecule has 1 aromatic rings. The minimum Gasteiger partial charge on any atom is -0.390 e. The molecule has 0 fully saturated rings. The highest BCUT2D eigenvalue weighted by atomic mass is 28.4. The maximum absolute atomic E-state index is 13.1. The van der Waals surface area contributed by atoms with Crippen molar-refractivity contribution < 1.29 is 18.0 Å². The molecule has 0 aromatic heterocycles. The van der Waals surface area contributed by atoms with E-state index in [4.69, 9.17) is 8.85 Å². The Hall–Kier alpha value is -0.753. The van der Waals surface area contributed by atoms with E-state index in [2.05, 4.69) is 0 Å². The van der Waals surface area contributed by atoms with E-state index in [9.17, 15) is 9.19 Å². The fourth-order valence-corrected chi connectivity index (χ4v) is 4.71. The molecule has 0 heterocycles. The lowest BCUT2D eigenvalue weighted by Crippen LogP contribution is -2.46. The van der Waals surface area contributed by atoms with Gasteiger partial charge in [0.05, 0.1) is 0 Å². The van der Waals surface area contributed by atoms with Gasteiger partial charge in [0.25, 0.3) is 0 Å². The number of benzene rings is 1. The summed E-state index contributed by atoms with van der Waals surface area (Å²) in [6, 6.07) is 7.18. The van der Waals surface area contributed by atoms with E-state index in [1.54, 1.807) is 12.1 Å². The van der Waals surface area contributed by atoms with Crippen molar-refractivity contribution in [2.24, 2.45) is 0 Å². The number of aryl methyl sites for hydroxylation is 1. The lowest BCUT2D eigenvalue weighted by molar-refractivity contribution is 0.0472. The summed E-state index contributed by atoms with van der Waals surface area (Å²) in [6.45, 7) is 7.59. The Morgan fingerprint density at radius 2 is 1.71 bits per heavy atom. The van der Waals surface area contributed by atoms with Crippen molar-refractivity contribution in [3.63, 3.8) is 0 Å². The van der Waals surface area contributed by atoms with Crippen LogP contribution in [0.5, 0.6) is 0 Å². The highest BCUT2D eigenvalue weighted by Gasteiger charge is 2.38. The van der Waals surface area contributed by atoms with Gasteiger partial charge in [-0.1, -0.05) is 12.1 Å². The summed E-state index contributed by atoms with van der Waals surface area (Å²) in [5.74, 6) is -0.204. The van der Waals surface area contributed by atoms with Gasteiger partial charge in [-0.2, -0.15) is 0 Å². The summed E-state index contributed by atoms with van der Waals surface area (Å²) in [6.07, 6.45) is 2.37. The number of hydrogen-bond acceptors (Lipinski definition) is 3. The summed E-state index contributed by atoms with van der Waals surface area (Å²) in [5.41, 5.74) is 0.981. The normalized spacial score (nSPS) is 12.4. The van der Waals surface area contributed by atoms with E-state index >= 15 is 0 Å². The molecule has 1 aromatic carbocycles. The van der Waals surface area contributed by atoms with Crippen molar-refractivity contribution >= 4 is 8.80 Å². The molecule has 1 N–H and O–H groups in total. The minimum absolute atomic E-state index is 0.0522. The van der Waals surface area contributed by atoms with Crippen molar-refractivity contribution in [3.05, 3.63) is 35.6 Å². The summed E-state index contributed by atoms with van der Waals surface area (Å²) in [5, 5.41) is 0. The Morgan fingerprint density at radius 3 is 2.24 bits per heavy atom. The van der Waals surface area contributed by atoms with Crippen LogP contribution >= 0.6 is 0 Å². The van der Waals surface area contributed by atoms with Crippen LogP contribution in [0.25, 0.3) is 0 Å². The third kappa shape index (κ3) is 7.71. The molecule has 0 aliphatic rings. The van der Waals surface area contributed by atoms with Crippen molar-refractivity contribution in [1.29, 1.82) is 0 Å². The van der Waals surface area contributed by atoms with Gasteiger partial charge in [0.15, 0.2) is 0 Å². The maximum Gasteiger partial charge on any atom is 0.498 e. The maximum atomic E-state index is 13.1. The Labute approximate surface area is 128 Å². The fourth-order valence-electron chi connectivity index (χ4n) is 2.25. The van der Waals surface area contributed by atoms with Gasteiger partial charge in [-0.05, 0) is 64.7 Å². The zero-order valence-electron chi connectivity index (χ0n) is 13.4. The van der Waals surface area contributed by atoms with Crippen molar-refractivity contribution in [1.82, 2.24) is 0 Å². The minimum atomic E-state index is -3.10. The summed E-state index contributed by atoms with van der Waals surface area (Å²) >= 11 is 0. The molecule has 0 aliphatic carbocycles. The first kappa shape index (κ1) is 18.3. The van der Waals surface area contributed by atoms with Gasteiger partial charge < -0.3 is 13.6 Å². The smallest absolute Gasteiger partial charge is 0.390 e. The lowest BCUT2D eigenvalue weighted by atomic mass is 10.1. The van der Waals surface area contributed by atoms with Crippen LogP contribution in [0.3, 0.4) is 0 Å². The van der Waals surface area contributed by atoms with Gasteiger partial charge in [0.2, 0.25) is 0 Å². The Morgan fingerprint density at radius 1 is 1.10 bits per heavy atom. The number of halogens is 1. The zero-order chi connectivity index (χ0) is 15.9. The molecule has 0 saturated carbocycles. The molecule has 0 bridgehead atoms. The topological polar surface area (TPSA) is 38.7 Å². The molecule has 1 rings (SSSR count). The van der Waals surface area contributed by atoms with Crippen LogP contribution in [-0.4, -0.2) is 25.8 Å². The molecule has 0 unspecified atom stereocenters. The number of rotatable bonds is 9. The quantitative estimate of drug-likeness (QED) is 0.554. The van der Waals surface area contributed by atoms with Crippen LogP contribution in [-0.2, 0) is 15.3 Å². The van der Waals surface area contributed by atoms with Gasteiger partial charge in [0, 0.05) is 18.3 Å². The molecule has 0 radical (unpaired) electrons. The molecule has 0 saturated heterocycles. The highest BCUT2D eigenvalue weighted by molar-refractivity contribution is 6.59. The Balaban J connectivity index is 2.42. The Kier molecular flexibility index (Phi) is 7.52. The predicted molar refractivity (Wildman–Crippen MR) is 84.6 cm³/mol. The average Bonchev–Trinajstić information content (AvgIpc) is 2.32. The molecule has 5 heteroatoms. The van der Waals surface area contributed by atoms with Crippen LogP contribution in [0.15, 0.2) is 24.3 Å². The zero-order valence-corrected chi connectivity index (χ0v) is 14.4. The summed E-state index contributed by atoms with van der Waals surface area (Å²) in [4.78, 5) is 10.5. The summed E-state index contributed by atoms with van der Waals surface area (Å²) in [7, 11) is -3.10. The molecule has 21 heavy (non-hydrogen) atoms. The fraction of sp³-hybridized carbons (Fsp3) is 0.625. The third-order valence-electron chi connectivity index (χ3n) is 2.94. The molecule has 0 amide bonds. The average molecular weight is 314 g/mol. The van der Waals surface area contributed by atoms with Gasteiger partial charge in [-0.25, -0.2) is 4.39 Å². The molecular weight excluding hydrogens is 287 g/mol. The van der Waals surface area contributed by atoms with Gasteiger partial charge >= 0.3 is 8.80 Å². The largest absolute Gasteiger partial charge is 0.498 e. The predicted octanol–water partition coefficient (Wildman–Crippen LogP) is 3.93. The van der Waals surface area contributed by atoms with Crippen LogP contribution in [0.2, 0.25) is 6.04 Å². The van der Waals surface area contributed by atoms with Crippen LogP contribution in [0.1, 0.15) is 46.1 Å². The van der Waals surface area contributed by atoms with Gasteiger partial charge in [0.1, 0.15) is 5.82 Å². The van der Waals surface area contributed by atoms with E-state index in [-0.39, 0.29) is 18.0 Å². The first-order valence-corrected chi connectivity index (χ1v) is 9.60. The first-order chi connectivity index (χ1) is 9.81. The number of unbranched alkanes of at least 4 members (excludes halogenated alkanes) is 1. The molecule has 0 aliphatic heterocycles. The second kappa shape index (κ2) is 8.63. The lowest BCUT2D eigenvalue weighted by Gasteiger charge is -2.28. The molecular formula is C16H27FO3Si. The van der Waals surface area contributed by atoms with E-state index < -0.39 is 8.80 Å². The molecule has 0 spiro atoms. The van der Waals surface area contributed by atoms with Crippen molar-refractivity contribution in [3.8, 4) is 0 Å². The van der Waals surface area contributed by atoms with E-state index in [0.717, 1.165) is 24.8 Å². The van der Waals surface area contributed by atoms with Crippen molar-refractivity contribution in [2.75, 3.05) is 0 Å². The van der Waals surface area contributed by atoms with Crippen LogP contribution < -0.4 is 0 Å². The molecule has 120 valence electrons. The molecule has 3 nitrogen and oxygen atoms in total. The van der Waals surface area contributed by atoms with Crippen molar-refractivity contribution in [2.45, 2.75) is 65.2 Å². The van der Waals surface area contributed by atoms with Gasteiger partial charge in [-0.15, -0.1) is 0 Å². The second-order valence-electron chi connectivity index (χ2n) is 5.88. The number of hydrogen-bond donors (Lipinski definition) is 1. The van der Waals surface area contributed by atoms with E-state index in [1.807, 2.05) is 33.8 Å². The first-order valence-electron chi connectivity index (χ1n) is 7.63. The second-order valence-corrected chi connectivity index (χ2v) is 8.28. The highest BCUT2D eigenvalue weighted by Crippen LogP contribution is 2.19. The summed E-state index contributed by atoms with van der Waals surface area (Å²) < 4.78 is 24.3. The van der Waals surface area contributed by atoms with E-state index in [0.29, 0.717) is 6.04 Å². The Bertz CT molecular complexity index is 414. The van der Waals surface area contributed by atoms with Gasteiger partial charge in [-0.3, -0.25) is 0 Å². The molecule has 0 atom stereocenters. The van der Waals surface area contributed by atoms with E-state index in [1.165, 1.54) is 6.07 Å². The van der Waals surface area contributed by atoms with Crippen LogP contribution in [0, 0.1) is 5.82 Å².